The number of hydrogen-bond acceptors (Lipinski definition) is 4. The van der Waals surface area contributed by atoms with Gasteiger partial charge in [0.15, 0.2) is 0 Å². The summed E-state index contributed by atoms with van der Waals surface area (Å²) < 4.78 is 26.7. The molecule has 24 heavy (non-hydrogen) atoms. The van der Waals surface area contributed by atoms with Crippen molar-refractivity contribution < 1.29 is 23.1 Å². The second-order valence-electron chi connectivity index (χ2n) is 5.54. The van der Waals surface area contributed by atoms with Gasteiger partial charge in [-0.25, -0.2) is 8.42 Å². The minimum atomic E-state index is -3.68. The summed E-state index contributed by atoms with van der Waals surface area (Å²) in [6.07, 6.45) is -0.206. The molecule has 2 N–H and O–H groups in total. The lowest BCUT2D eigenvalue weighted by molar-refractivity contribution is -0.137. The number of carbonyl (C=O) groups excluding carboxylic acids is 1. The van der Waals surface area contributed by atoms with Crippen LogP contribution in [0.1, 0.15) is 43.1 Å². The van der Waals surface area contributed by atoms with E-state index in [1.165, 1.54) is 16.4 Å². The summed E-state index contributed by atoms with van der Waals surface area (Å²) in [5.74, 6) is -1.52. The molecule has 0 aliphatic rings. The average molecular weight is 356 g/mol. The SMILES string of the molecule is CCN(CC)S(=O)(=O)c1cc(C(=O)NC(C)CC(=O)O)ccc1C. The Bertz CT molecular complexity index is 711. The Morgan fingerprint density at radius 2 is 1.83 bits per heavy atom. The molecule has 134 valence electrons. The van der Waals surface area contributed by atoms with Crippen LogP contribution < -0.4 is 5.32 Å². The van der Waals surface area contributed by atoms with Gasteiger partial charge in [-0.05, 0) is 31.5 Å². The summed E-state index contributed by atoms with van der Waals surface area (Å²) in [6.45, 7) is 7.43. The fourth-order valence-corrected chi connectivity index (χ4v) is 4.05. The van der Waals surface area contributed by atoms with Crippen LogP contribution in [0.5, 0.6) is 0 Å². The number of carboxylic acid groups (broad SMARTS) is 1. The number of aryl methyl sites for hydroxylation is 1. The van der Waals surface area contributed by atoms with Crippen LogP contribution in [0.15, 0.2) is 23.1 Å². The quantitative estimate of drug-likeness (QED) is 0.736. The maximum atomic E-state index is 12.7. The molecule has 0 bridgehead atoms. The number of nitrogens with one attached hydrogen (secondary N) is 1. The van der Waals surface area contributed by atoms with E-state index in [1.807, 2.05) is 0 Å². The summed E-state index contributed by atoms with van der Waals surface area (Å²) in [4.78, 5) is 23.0. The van der Waals surface area contributed by atoms with Crippen molar-refractivity contribution in [3.8, 4) is 0 Å². The van der Waals surface area contributed by atoms with Crippen LogP contribution in [0, 0.1) is 6.92 Å². The molecule has 1 amide bonds. The maximum absolute atomic E-state index is 12.7. The van der Waals surface area contributed by atoms with Crippen LogP contribution >= 0.6 is 0 Å². The highest BCUT2D eigenvalue weighted by Crippen LogP contribution is 2.21. The third kappa shape index (κ3) is 4.78. The molecule has 1 unspecified atom stereocenters. The molecule has 0 heterocycles. The predicted octanol–water partition coefficient (Wildman–Crippen LogP) is 1.62. The Morgan fingerprint density at radius 3 is 2.33 bits per heavy atom. The van der Waals surface area contributed by atoms with Crippen molar-refractivity contribution in [3.63, 3.8) is 0 Å². The zero-order valence-corrected chi connectivity index (χ0v) is 15.2. The number of nitrogens with zero attached hydrogens (tertiary/aromatic N) is 1. The highest BCUT2D eigenvalue weighted by Gasteiger charge is 2.25. The minimum Gasteiger partial charge on any atom is -0.481 e. The van der Waals surface area contributed by atoms with E-state index in [4.69, 9.17) is 5.11 Å². The number of benzene rings is 1. The fraction of sp³-hybridized carbons (Fsp3) is 0.500. The fourth-order valence-electron chi connectivity index (χ4n) is 2.34. The first-order valence-electron chi connectivity index (χ1n) is 7.76. The largest absolute Gasteiger partial charge is 0.481 e. The number of hydrogen-bond donors (Lipinski definition) is 2. The second kappa shape index (κ2) is 8.25. The standard InChI is InChI=1S/C16H24N2O5S/c1-5-18(6-2)24(22,23)14-10-13(8-7-11(14)3)16(21)17-12(4)9-15(19)20/h7-8,10,12H,5-6,9H2,1-4H3,(H,17,21)(H,19,20). The molecule has 7 nitrogen and oxygen atoms in total. The van der Waals surface area contributed by atoms with E-state index in [0.29, 0.717) is 18.7 Å². The molecule has 0 saturated heterocycles. The van der Waals surface area contributed by atoms with Crippen LogP contribution in [0.3, 0.4) is 0 Å². The lowest BCUT2D eigenvalue weighted by Gasteiger charge is -2.20. The number of carbonyl (C=O) groups is 2. The summed E-state index contributed by atoms with van der Waals surface area (Å²) in [5, 5.41) is 11.3. The van der Waals surface area contributed by atoms with Gasteiger partial charge in [0.05, 0.1) is 11.3 Å². The summed E-state index contributed by atoms with van der Waals surface area (Å²) in [6, 6.07) is 3.89. The van der Waals surface area contributed by atoms with E-state index >= 15 is 0 Å². The van der Waals surface area contributed by atoms with Crippen molar-refractivity contribution in [3.05, 3.63) is 29.3 Å². The van der Waals surface area contributed by atoms with Crippen molar-refractivity contribution in [2.75, 3.05) is 13.1 Å². The zero-order chi connectivity index (χ0) is 18.5. The van der Waals surface area contributed by atoms with E-state index in [1.54, 1.807) is 33.8 Å². The minimum absolute atomic E-state index is 0.0877. The van der Waals surface area contributed by atoms with Gasteiger partial charge >= 0.3 is 5.97 Å². The Kier molecular flexibility index (Phi) is 6.92. The van der Waals surface area contributed by atoms with Crippen molar-refractivity contribution in [2.24, 2.45) is 0 Å². The van der Waals surface area contributed by atoms with Gasteiger partial charge in [-0.3, -0.25) is 9.59 Å². The molecular formula is C16H24N2O5S. The van der Waals surface area contributed by atoms with E-state index in [0.717, 1.165) is 0 Å². The maximum Gasteiger partial charge on any atom is 0.305 e. The first-order valence-corrected chi connectivity index (χ1v) is 9.20. The normalized spacial score (nSPS) is 12.9. The third-order valence-electron chi connectivity index (χ3n) is 3.63. The summed E-state index contributed by atoms with van der Waals surface area (Å²) >= 11 is 0. The second-order valence-corrected chi connectivity index (χ2v) is 7.45. The van der Waals surface area contributed by atoms with Gasteiger partial charge in [0, 0.05) is 24.7 Å². The molecular weight excluding hydrogens is 332 g/mol. The van der Waals surface area contributed by atoms with Crippen molar-refractivity contribution in [1.82, 2.24) is 9.62 Å². The molecule has 0 aliphatic heterocycles. The van der Waals surface area contributed by atoms with Crippen LogP contribution in [-0.2, 0) is 14.8 Å². The van der Waals surface area contributed by atoms with E-state index in [2.05, 4.69) is 5.32 Å². The molecule has 1 aromatic rings. The monoisotopic (exact) mass is 356 g/mol. The highest BCUT2D eigenvalue weighted by molar-refractivity contribution is 7.89. The number of amides is 1. The Labute approximate surface area is 142 Å². The molecule has 0 saturated carbocycles. The van der Waals surface area contributed by atoms with Gasteiger partial charge < -0.3 is 10.4 Å². The Balaban J connectivity index is 3.14. The molecule has 0 aliphatic carbocycles. The first kappa shape index (κ1) is 20.1. The van der Waals surface area contributed by atoms with E-state index in [-0.39, 0.29) is 16.9 Å². The summed E-state index contributed by atoms with van der Waals surface area (Å²) in [5.41, 5.74) is 0.737. The summed E-state index contributed by atoms with van der Waals surface area (Å²) in [7, 11) is -3.68. The van der Waals surface area contributed by atoms with Crippen LogP contribution in [0.4, 0.5) is 0 Å². The molecule has 0 aromatic heterocycles. The lowest BCUT2D eigenvalue weighted by Crippen LogP contribution is -2.34. The topological polar surface area (TPSA) is 104 Å². The van der Waals surface area contributed by atoms with Crippen LogP contribution in [0.25, 0.3) is 0 Å². The smallest absolute Gasteiger partial charge is 0.305 e. The average Bonchev–Trinajstić information content (AvgIpc) is 2.47. The molecule has 0 spiro atoms. The first-order chi connectivity index (χ1) is 11.1. The van der Waals surface area contributed by atoms with Gasteiger partial charge in [-0.1, -0.05) is 19.9 Å². The van der Waals surface area contributed by atoms with E-state index in [9.17, 15) is 18.0 Å². The van der Waals surface area contributed by atoms with Crippen LogP contribution in [0.2, 0.25) is 0 Å². The van der Waals surface area contributed by atoms with Crippen molar-refractivity contribution in [1.29, 1.82) is 0 Å². The Hall–Kier alpha value is -1.93. The Morgan fingerprint density at radius 1 is 1.25 bits per heavy atom. The van der Waals surface area contributed by atoms with Gasteiger partial charge in [-0.15, -0.1) is 0 Å². The number of rotatable bonds is 8. The zero-order valence-electron chi connectivity index (χ0n) is 14.4. The van der Waals surface area contributed by atoms with Gasteiger partial charge in [0.25, 0.3) is 5.91 Å². The molecule has 0 radical (unpaired) electrons. The van der Waals surface area contributed by atoms with Gasteiger partial charge in [0.2, 0.25) is 10.0 Å². The number of aliphatic carboxylic acids is 1. The highest BCUT2D eigenvalue weighted by atomic mass is 32.2. The third-order valence-corrected chi connectivity index (χ3v) is 5.82. The number of sulfonamides is 1. The van der Waals surface area contributed by atoms with Crippen molar-refractivity contribution in [2.45, 2.75) is 45.1 Å². The van der Waals surface area contributed by atoms with E-state index < -0.39 is 27.9 Å². The number of carboxylic acids is 1. The molecule has 0 fully saturated rings. The lowest BCUT2D eigenvalue weighted by atomic mass is 10.1. The van der Waals surface area contributed by atoms with Crippen molar-refractivity contribution >= 4 is 21.9 Å². The van der Waals surface area contributed by atoms with Crippen LogP contribution in [-0.4, -0.2) is 48.8 Å². The molecule has 8 heteroatoms. The molecule has 1 atom stereocenters. The molecule has 1 aromatic carbocycles. The predicted molar refractivity (Wildman–Crippen MR) is 90.5 cm³/mol. The van der Waals surface area contributed by atoms with Gasteiger partial charge in [-0.2, -0.15) is 4.31 Å². The molecule has 1 rings (SSSR count). The van der Waals surface area contributed by atoms with Gasteiger partial charge in [0.1, 0.15) is 0 Å².